The van der Waals surface area contributed by atoms with Crippen LogP contribution in [0, 0.1) is 11.3 Å². The van der Waals surface area contributed by atoms with Gasteiger partial charge in [0.2, 0.25) is 0 Å². The van der Waals surface area contributed by atoms with Crippen LogP contribution in [0.3, 0.4) is 0 Å². The minimum Gasteiger partial charge on any atom is -0.450 e. The van der Waals surface area contributed by atoms with E-state index in [4.69, 9.17) is 27.3 Å². The van der Waals surface area contributed by atoms with Gasteiger partial charge in [-0.15, -0.1) is 0 Å². The number of aromatic nitrogens is 3. The van der Waals surface area contributed by atoms with E-state index in [1.807, 2.05) is 0 Å². The second-order valence-electron chi connectivity index (χ2n) is 4.42. The Morgan fingerprint density at radius 3 is 2.91 bits per heavy atom. The minimum absolute atomic E-state index is 0.290. The van der Waals surface area contributed by atoms with Gasteiger partial charge in [0.15, 0.2) is 11.5 Å². The van der Waals surface area contributed by atoms with Crippen LogP contribution in [0.2, 0.25) is 5.02 Å². The zero-order chi connectivity index (χ0) is 15.7. The molecule has 0 unspecified atom stereocenters. The van der Waals surface area contributed by atoms with E-state index < -0.39 is 0 Å². The smallest absolute Gasteiger partial charge is 0.173 e. The van der Waals surface area contributed by atoms with E-state index in [2.05, 4.69) is 21.5 Å². The molecule has 3 N–H and O–H groups in total. The molecule has 7 nitrogen and oxygen atoms in total. The van der Waals surface area contributed by atoms with Crippen molar-refractivity contribution in [3.05, 3.63) is 41.3 Å². The van der Waals surface area contributed by atoms with Gasteiger partial charge in [0, 0.05) is 13.2 Å². The molecule has 0 radical (unpaired) electrons. The van der Waals surface area contributed by atoms with E-state index >= 15 is 0 Å². The molecule has 3 aromatic rings. The van der Waals surface area contributed by atoms with Gasteiger partial charge in [-0.2, -0.15) is 10.4 Å². The maximum Gasteiger partial charge on any atom is 0.173 e. The standard InChI is InChI=1S/C14H11ClN6O/c1-18-13-12(15)11(5-19-14(13)17)22-10-6-20-21-7-8(4-16)2-3-9(10)21/h2-3,5-7,18H,1H3,(H2,17,19). The summed E-state index contributed by atoms with van der Waals surface area (Å²) in [6.45, 7) is 0. The number of rotatable bonds is 3. The molecule has 22 heavy (non-hydrogen) atoms. The zero-order valence-corrected chi connectivity index (χ0v) is 12.3. The van der Waals surface area contributed by atoms with Crippen LogP contribution in [0.5, 0.6) is 11.5 Å². The Balaban J connectivity index is 2.02. The molecule has 0 aliphatic heterocycles. The lowest BCUT2D eigenvalue weighted by atomic mass is 10.3. The van der Waals surface area contributed by atoms with Crippen molar-refractivity contribution in [3.8, 4) is 17.6 Å². The normalized spacial score (nSPS) is 10.4. The Bertz CT molecular complexity index is 898. The average Bonchev–Trinajstić information content (AvgIpc) is 2.92. The zero-order valence-electron chi connectivity index (χ0n) is 11.5. The molecule has 0 spiro atoms. The lowest BCUT2D eigenvalue weighted by Gasteiger charge is -2.11. The Morgan fingerprint density at radius 1 is 1.36 bits per heavy atom. The molecule has 0 aromatic carbocycles. The Kier molecular flexibility index (Phi) is 3.45. The van der Waals surface area contributed by atoms with Crippen molar-refractivity contribution in [2.75, 3.05) is 18.1 Å². The van der Waals surface area contributed by atoms with Crippen molar-refractivity contribution < 1.29 is 4.74 Å². The van der Waals surface area contributed by atoms with Gasteiger partial charge < -0.3 is 15.8 Å². The summed E-state index contributed by atoms with van der Waals surface area (Å²) in [5.74, 6) is 1.15. The van der Waals surface area contributed by atoms with Crippen LogP contribution in [0.15, 0.2) is 30.7 Å². The van der Waals surface area contributed by atoms with E-state index in [-0.39, 0.29) is 0 Å². The van der Waals surface area contributed by atoms with E-state index in [9.17, 15) is 0 Å². The maximum atomic E-state index is 8.89. The SMILES string of the molecule is CNc1c(N)ncc(Oc2cnn3cc(C#N)ccc23)c1Cl. The second kappa shape index (κ2) is 5.42. The van der Waals surface area contributed by atoms with Crippen molar-refractivity contribution in [3.63, 3.8) is 0 Å². The van der Waals surface area contributed by atoms with Crippen molar-refractivity contribution >= 4 is 28.6 Å². The number of nitrogens with two attached hydrogens (primary N) is 1. The quantitative estimate of drug-likeness (QED) is 0.770. The number of nitriles is 1. The highest BCUT2D eigenvalue weighted by Crippen LogP contribution is 2.38. The lowest BCUT2D eigenvalue weighted by Crippen LogP contribution is -2.00. The van der Waals surface area contributed by atoms with Crippen LogP contribution in [0.25, 0.3) is 5.52 Å². The van der Waals surface area contributed by atoms with Crippen LogP contribution in [-0.2, 0) is 0 Å². The predicted molar refractivity (Wildman–Crippen MR) is 83.2 cm³/mol. The molecular formula is C14H11ClN6O. The van der Waals surface area contributed by atoms with E-state index in [1.165, 1.54) is 6.20 Å². The third-order valence-corrected chi connectivity index (χ3v) is 3.47. The Morgan fingerprint density at radius 2 is 2.18 bits per heavy atom. The van der Waals surface area contributed by atoms with Gasteiger partial charge in [0.05, 0.1) is 23.6 Å². The molecule has 3 rings (SSSR count). The van der Waals surface area contributed by atoms with Crippen molar-refractivity contribution in [1.29, 1.82) is 5.26 Å². The van der Waals surface area contributed by atoms with Gasteiger partial charge in [-0.25, -0.2) is 9.50 Å². The van der Waals surface area contributed by atoms with Crippen LogP contribution in [0.4, 0.5) is 11.5 Å². The summed E-state index contributed by atoms with van der Waals surface area (Å²) in [4.78, 5) is 4.03. The number of hydrogen-bond acceptors (Lipinski definition) is 6. The summed E-state index contributed by atoms with van der Waals surface area (Å²) in [6.07, 6.45) is 4.61. The van der Waals surface area contributed by atoms with Crippen LogP contribution in [0.1, 0.15) is 5.56 Å². The van der Waals surface area contributed by atoms with Crippen molar-refractivity contribution in [2.45, 2.75) is 0 Å². The summed E-state index contributed by atoms with van der Waals surface area (Å²) in [7, 11) is 1.70. The summed E-state index contributed by atoms with van der Waals surface area (Å²) in [6, 6.07) is 5.49. The second-order valence-corrected chi connectivity index (χ2v) is 4.79. The van der Waals surface area contributed by atoms with Gasteiger partial charge in [-0.1, -0.05) is 11.6 Å². The molecule has 0 aliphatic carbocycles. The third kappa shape index (κ3) is 2.25. The molecule has 0 saturated heterocycles. The number of ether oxygens (including phenoxy) is 1. The molecule has 0 aliphatic rings. The molecule has 8 heteroatoms. The molecule has 110 valence electrons. The monoisotopic (exact) mass is 314 g/mol. The van der Waals surface area contributed by atoms with Gasteiger partial charge in [0.1, 0.15) is 22.4 Å². The van der Waals surface area contributed by atoms with Gasteiger partial charge in [-0.05, 0) is 12.1 Å². The number of hydrogen-bond donors (Lipinski definition) is 2. The fraction of sp³-hybridized carbons (Fsp3) is 0.0714. The molecule has 0 bridgehead atoms. The first-order valence-electron chi connectivity index (χ1n) is 6.31. The van der Waals surface area contributed by atoms with Gasteiger partial charge in [-0.3, -0.25) is 0 Å². The summed E-state index contributed by atoms with van der Waals surface area (Å²) in [5.41, 5.74) is 7.45. The van der Waals surface area contributed by atoms with E-state index in [1.54, 1.807) is 36.1 Å². The third-order valence-electron chi connectivity index (χ3n) is 3.09. The number of anilines is 2. The molecule has 3 aromatic heterocycles. The first-order chi connectivity index (χ1) is 10.6. The van der Waals surface area contributed by atoms with Crippen LogP contribution < -0.4 is 15.8 Å². The van der Waals surface area contributed by atoms with E-state index in [0.29, 0.717) is 39.1 Å². The fourth-order valence-corrected chi connectivity index (χ4v) is 2.30. The Hall–Kier alpha value is -2.98. The minimum atomic E-state index is 0.290. The molecule has 0 atom stereocenters. The summed E-state index contributed by atoms with van der Waals surface area (Å²) >= 11 is 6.25. The number of halogens is 1. The van der Waals surface area contributed by atoms with Crippen molar-refractivity contribution in [1.82, 2.24) is 14.6 Å². The topological polar surface area (TPSA) is 101 Å². The Labute approximate surface area is 130 Å². The largest absolute Gasteiger partial charge is 0.450 e. The fourth-order valence-electron chi connectivity index (χ4n) is 2.02. The van der Waals surface area contributed by atoms with Crippen molar-refractivity contribution in [2.24, 2.45) is 0 Å². The van der Waals surface area contributed by atoms with Gasteiger partial charge >= 0.3 is 0 Å². The molecule has 0 fully saturated rings. The number of nitrogen functional groups attached to an aromatic ring is 1. The molecular weight excluding hydrogens is 304 g/mol. The number of nitrogens with one attached hydrogen (secondary N) is 1. The summed E-state index contributed by atoms with van der Waals surface area (Å²) in [5, 5.41) is 16.3. The highest BCUT2D eigenvalue weighted by Gasteiger charge is 2.14. The highest BCUT2D eigenvalue weighted by atomic mass is 35.5. The average molecular weight is 315 g/mol. The van der Waals surface area contributed by atoms with Crippen LogP contribution in [-0.4, -0.2) is 21.6 Å². The first kappa shape index (κ1) is 14.0. The summed E-state index contributed by atoms with van der Waals surface area (Å²) < 4.78 is 7.34. The highest BCUT2D eigenvalue weighted by molar-refractivity contribution is 6.35. The van der Waals surface area contributed by atoms with Crippen LogP contribution >= 0.6 is 11.6 Å². The first-order valence-corrected chi connectivity index (χ1v) is 6.69. The number of fused-ring (bicyclic) bond motifs is 1. The molecule has 0 amide bonds. The predicted octanol–water partition coefficient (Wildman–Crippen LogP) is 2.67. The molecule has 0 saturated carbocycles. The lowest BCUT2D eigenvalue weighted by molar-refractivity contribution is 0.486. The van der Waals surface area contributed by atoms with Gasteiger partial charge in [0.25, 0.3) is 0 Å². The maximum absolute atomic E-state index is 8.89. The molecule has 3 heterocycles. The number of pyridine rings is 2. The van der Waals surface area contributed by atoms with E-state index in [0.717, 1.165) is 0 Å². The number of nitrogens with zero attached hydrogens (tertiary/aromatic N) is 4.